The molecule has 3 aromatic rings. The van der Waals surface area contributed by atoms with Gasteiger partial charge in [-0.2, -0.15) is 5.10 Å². The standard InChI is InChI=1S/C20H20N4O3/c1-3-13-9-11-14(12-10-13)18(25)21-22-19(26)17-15-7-5-6-8-16(15)20(27)24(4-2)23-17/h5-12H,3-4H2,1-2H3,(H,21,25)(H,22,26). The van der Waals surface area contributed by atoms with Crippen LogP contribution in [0.5, 0.6) is 0 Å². The average Bonchev–Trinajstić information content (AvgIpc) is 2.72. The number of benzene rings is 2. The first-order valence-electron chi connectivity index (χ1n) is 8.74. The number of carbonyl (C=O) groups excluding carboxylic acids is 2. The van der Waals surface area contributed by atoms with Crippen LogP contribution in [-0.2, 0) is 13.0 Å². The van der Waals surface area contributed by atoms with Gasteiger partial charge in [-0.25, -0.2) is 4.68 Å². The van der Waals surface area contributed by atoms with Crippen molar-refractivity contribution in [3.63, 3.8) is 0 Å². The minimum absolute atomic E-state index is 0.0775. The van der Waals surface area contributed by atoms with Crippen LogP contribution in [0.15, 0.2) is 53.3 Å². The molecule has 2 amide bonds. The number of aromatic nitrogens is 2. The van der Waals surface area contributed by atoms with Gasteiger partial charge in [0.25, 0.3) is 17.4 Å². The maximum Gasteiger partial charge on any atom is 0.290 e. The molecule has 2 N–H and O–H groups in total. The first-order valence-corrected chi connectivity index (χ1v) is 8.74. The van der Waals surface area contributed by atoms with Crippen LogP contribution in [0, 0.1) is 0 Å². The van der Waals surface area contributed by atoms with E-state index in [0.29, 0.717) is 22.9 Å². The number of amides is 2. The van der Waals surface area contributed by atoms with Gasteiger partial charge in [-0.05, 0) is 37.1 Å². The molecule has 0 atom stereocenters. The zero-order chi connectivity index (χ0) is 19.4. The highest BCUT2D eigenvalue weighted by Crippen LogP contribution is 2.13. The van der Waals surface area contributed by atoms with Crippen molar-refractivity contribution >= 4 is 22.6 Å². The first-order chi connectivity index (χ1) is 13.0. The molecule has 0 aliphatic rings. The molecule has 0 spiro atoms. The van der Waals surface area contributed by atoms with Gasteiger partial charge in [0.15, 0.2) is 5.69 Å². The van der Waals surface area contributed by atoms with Crippen molar-refractivity contribution in [3.05, 3.63) is 75.7 Å². The predicted molar refractivity (Wildman–Crippen MR) is 102 cm³/mol. The lowest BCUT2D eigenvalue weighted by atomic mass is 10.1. The molecule has 1 heterocycles. The van der Waals surface area contributed by atoms with Crippen LogP contribution >= 0.6 is 0 Å². The molecule has 0 saturated carbocycles. The van der Waals surface area contributed by atoms with Crippen LogP contribution < -0.4 is 16.4 Å². The van der Waals surface area contributed by atoms with Crippen molar-refractivity contribution in [2.75, 3.05) is 0 Å². The molecule has 27 heavy (non-hydrogen) atoms. The Hall–Kier alpha value is -3.48. The van der Waals surface area contributed by atoms with Crippen molar-refractivity contribution in [1.82, 2.24) is 20.6 Å². The van der Waals surface area contributed by atoms with E-state index in [1.54, 1.807) is 43.3 Å². The molecule has 0 bridgehead atoms. The third-order valence-electron chi connectivity index (χ3n) is 4.30. The number of nitrogens with zero attached hydrogens (tertiary/aromatic N) is 2. The zero-order valence-corrected chi connectivity index (χ0v) is 15.2. The number of hydrogen-bond donors (Lipinski definition) is 2. The Labute approximate surface area is 156 Å². The summed E-state index contributed by atoms with van der Waals surface area (Å²) in [6.45, 7) is 4.13. The van der Waals surface area contributed by atoms with Crippen molar-refractivity contribution in [2.45, 2.75) is 26.8 Å². The van der Waals surface area contributed by atoms with E-state index in [0.717, 1.165) is 12.0 Å². The number of rotatable bonds is 4. The van der Waals surface area contributed by atoms with Crippen LogP contribution in [0.3, 0.4) is 0 Å². The van der Waals surface area contributed by atoms with Crippen LogP contribution in [0.1, 0.15) is 40.3 Å². The SMILES string of the molecule is CCc1ccc(C(=O)NNC(=O)c2nn(CC)c(=O)c3ccccc23)cc1. The molecule has 1 aromatic heterocycles. The third kappa shape index (κ3) is 3.72. The molecule has 0 saturated heterocycles. The molecule has 138 valence electrons. The average molecular weight is 364 g/mol. The van der Waals surface area contributed by atoms with E-state index in [4.69, 9.17) is 0 Å². The maximum absolute atomic E-state index is 12.6. The van der Waals surface area contributed by atoms with Gasteiger partial charge in [-0.1, -0.05) is 37.3 Å². The van der Waals surface area contributed by atoms with Crippen molar-refractivity contribution in [1.29, 1.82) is 0 Å². The fraction of sp³-hybridized carbons (Fsp3) is 0.200. The van der Waals surface area contributed by atoms with Crippen LogP contribution in [-0.4, -0.2) is 21.6 Å². The minimum Gasteiger partial charge on any atom is -0.267 e. The molecule has 7 nitrogen and oxygen atoms in total. The van der Waals surface area contributed by atoms with Gasteiger partial charge in [0.05, 0.1) is 5.39 Å². The van der Waals surface area contributed by atoms with E-state index in [2.05, 4.69) is 16.0 Å². The summed E-state index contributed by atoms with van der Waals surface area (Å²) in [6, 6.07) is 13.9. The Kier molecular flexibility index (Phi) is 5.30. The Morgan fingerprint density at radius 3 is 2.19 bits per heavy atom. The molecule has 0 radical (unpaired) electrons. The number of nitrogens with one attached hydrogen (secondary N) is 2. The molecule has 2 aromatic carbocycles. The monoisotopic (exact) mass is 364 g/mol. The fourth-order valence-electron chi connectivity index (χ4n) is 2.75. The highest BCUT2D eigenvalue weighted by Gasteiger charge is 2.17. The third-order valence-corrected chi connectivity index (χ3v) is 4.30. The van der Waals surface area contributed by atoms with Gasteiger partial charge in [0.2, 0.25) is 0 Å². The summed E-state index contributed by atoms with van der Waals surface area (Å²) in [5.41, 5.74) is 6.13. The topological polar surface area (TPSA) is 93.1 Å². The van der Waals surface area contributed by atoms with Gasteiger partial charge >= 0.3 is 0 Å². The smallest absolute Gasteiger partial charge is 0.267 e. The van der Waals surface area contributed by atoms with Gasteiger partial charge in [-0.3, -0.25) is 25.2 Å². The summed E-state index contributed by atoms with van der Waals surface area (Å²) in [5, 5.41) is 4.97. The van der Waals surface area contributed by atoms with E-state index in [-0.39, 0.29) is 11.3 Å². The molecule has 0 unspecified atom stereocenters. The van der Waals surface area contributed by atoms with Gasteiger partial charge in [0, 0.05) is 17.5 Å². The molecular formula is C20H20N4O3. The molecule has 0 aliphatic heterocycles. The summed E-state index contributed by atoms with van der Waals surface area (Å²) in [5.74, 6) is -1.02. The molecule has 0 fully saturated rings. The largest absolute Gasteiger partial charge is 0.290 e. The maximum atomic E-state index is 12.6. The molecule has 0 aliphatic carbocycles. The molecule has 3 rings (SSSR count). The highest BCUT2D eigenvalue weighted by molar-refractivity contribution is 6.06. The van der Waals surface area contributed by atoms with Gasteiger partial charge in [-0.15, -0.1) is 0 Å². The van der Waals surface area contributed by atoms with E-state index in [9.17, 15) is 14.4 Å². The Morgan fingerprint density at radius 2 is 1.56 bits per heavy atom. The quantitative estimate of drug-likeness (QED) is 0.693. The molecular weight excluding hydrogens is 344 g/mol. The number of aryl methyl sites for hydroxylation is 2. The summed E-state index contributed by atoms with van der Waals surface area (Å²) >= 11 is 0. The Balaban J connectivity index is 1.83. The second-order valence-corrected chi connectivity index (χ2v) is 5.97. The van der Waals surface area contributed by atoms with Crippen LogP contribution in [0.25, 0.3) is 10.8 Å². The lowest BCUT2D eigenvalue weighted by Crippen LogP contribution is -2.42. The van der Waals surface area contributed by atoms with E-state index >= 15 is 0 Å². The summed E-state index contributed by atoms with van der Waals surface area (Å²) in [6.07, 6.45) is 0.879. The number of fused-ring (bicyclic) bond motifs is 1. The van der Waals surface area contributed by atoms with Gasteiger partial charge < -0.3 is 0 Å². The number of hydrogen-bond acceptors (Lipinski definition) is 4. The Bertz CT molecular complexity index is 1060. The number of hydrazine groups is 1. The fourth-order valence-corrected chi connectivity index (χ4v) is 2.75. The summed E-state index contributed by atoms with van der Waals surface area (Å²) in [4.78, 5) is 37.1. The highest BCUT2D eigenvalue weighted by atomic mass is 16.2. The predicted octanol–water partition coefficient (Wildman–Crippen LogP) is 2.05. The lowest BCUT2D eigenvalue weighted by Gasteiger charge is -2.11. The normalized spacial score (nSPS) is 10.6. The summed E-state index contributed by atoms with van der Waals surface area (Å²) in [7, 11) is 0. The van der Waals surface area contributed by atoms with E-state index in [1.807, 2.05) is 19.1 Å². The Morgan fingerprint density at radius 1 is 0.926 bits per heavy atom. The van der Waals surface area contributed by atoms with Crippen LogP contribution in [0.4, 0.5) is 0 Å². The lowest BCUT2D eigenvalue weighted by molar-refractivity contribution is 0.0843. The van der Waals surface area contributed by atoms with Crippen LogP contribution in [0.2, 0.25) is 0 Å². The second kappa shape index (κ2) is 7.82. The molecule has 7 heteroatoms. The first kappa shape index (κ1) is 18.3. The van der Waals surface area contributed by atoms with E-state index in [1.165, 1.54) is 4.68 Å². The van der Waals surface area contributed by atoms with Crippen molar-refractivity contribution in [3.8, 4) is 0 Å². The van der Waals surface area contributed by atoms with Gasteiger partial charge in [0.1, 0.15) is 0 Å². The minimum atomic E-state index is -0.591. The second-order valence-electron chi connectivity index (χ2n) is 5.97. The zero-order valence-electron chi connectivity index (χ0n) is 15.2. The van der Waals surface area contributed by atoms with Crippen molar-refractivity contribution < 1.29 is 9.59 Å². The summed E-state index contributed by atoms with van der Waals surface area (Å²) < 4.78 is 1.22. The van der Waals surface area contributed by atoms with E-state index < -0.39 is 11.8 Å². The number of carbonyl (C=O) groups is 2. The van der Waals surface area contributed by atoms with Crippen molar-refractivity contribution in [2.24, 2.45) is 0 Å².